The zero-order chi connectivity index (χ0) is 10.9. The van der Waals surface area contributed by atoms with Crippen LogP contribution in [0.3, 0.4) is 0 Å². The lowest BCUT2D eigenvalue weighted by Gasteiger charge is -2.01. The van der Waals surface area contributed by atoms with Crippen LogP contribution in [0, 0.1) is 10.1 Å². The average Bonchev–Trinajstić information content (AvgIpc) is 2.08. The first-order valence-electron chi connectivity index (χ1n) is 3.61. The predicted octanol–water partition coefficient (Wildman–Crippen LogP) is 2.27. The molecule has 0 aliphatic carbocycles. The van der Waals surface area contributed by atoms with Crippen LogP contribution in [0.15, 0.2) is 16.6 Å². The van der Waals surface area contributed by atoms with Crippen LogP contribution in [0.25, 0.3) is 0 Å². The number of ketones is 1. The number of Topliss-reactive ketones (excluding diaryl/α,β-unsaturated/α-hetero) is 1. The molecule has 0 aromatic heterocycles. The number of benzene rings is 1. The van der Waals surface area contributed by atoms with E-state index in [-0.39, 0.29) is 27.3 Å². The SMILES string of the molecule is CC(=O)c1cc(O)c(Br)c([N+](=O)[O-])c1. The van der Waals surface area contributed by atoms with Gasteiger partial charge in [0.2, 0.25) is 0 Å². The minimum atomic E-state index is -0.670. The molecule has 0 saturated heterocycles. The van der Waals surface area contributed by atoms with Gasteiger partial charge in [-0.3, -0.25) is 14.9 Å². The van der Waals surface area contributed by atoms with Gasteiger partial charge in [0.15, 0.2) is 5.78 Å². The Morgan fingerprint density at radius 2 is 2.14 bits per heavy atom. The van der Waals surface area contributed by atoms with E-state index in [2.05, 4.69) is 15.9 Å². The van der Waals surface area contributed by atoms with Crippen LogP contribution in [0.2, 0.25) is 0 Å². The van der Waals surface area contributed by atoms with Crippen LogP contribution in [0.1, 0.15) is 17.3 Å². The zero-order valence-corrected chi connectivity index (χ0v) is 8.74. The molecule has 1 N–H and O–H groups in total. The van der Waals surface area contributed by atoms with Crippen LogP contribution in [0.4, 0.5) is 5.69 Å². The molecule has 0 saturated carbocycles. The number of phenolic OH excluding ortho intramolecular Hbond substituents is 1. The molecule has 0 unspecified atom stereocenters. The molecule has 0 radical (unpaired) electrons. The van der Waals surface area contributed by atoms with Crippen molar-refractivity contribution in [2.24, 2.45) is 0 Å². The molecule has 0 aliphatic heterocycles. The number of nitrogens with zero attached hydrogens (tertiary/aromatic N) is 1. The Hall–Kier alpha value is -1.43. The maximum Gasteiger partial charge on any atom is 0.288 e. The molecule has 0 atom stereocenters. The van der Waals surface area contributed by atoms with Crippen molar-refractivity contribution in [2.75, 3.05) is 0 Å². The lowest BCUT2D eigenvalue weighted by atomic mass is 10.1. The molecular weight excluding hydrogens is 254 g/mol. The van der Waals surface area contributed by atoms with Gasteiger partial charge in [-0.1, -0.05) is 0 Å². The summed E-state index contributed by atoms with van der Waals surface area (Å²) in [6, 6.07) is 2.30. The Morgan fingerprint density at radius 3 is 2.57 bits per heavy atom. The van der Waals surface area contributed by atoms with Crippen molar-refractivity contribution in [1.29, 1.82) is 0 Å². The Bertz CT molecular complexity index is 416. The highest BCUT2D eigenvalue weighted by molar-refractivity contribution is 9.10. The van der Waals surface area contributed by atoms with Crippen molar-refractivity contribution in [3.05, 3.63) is 32.3 Å². The van der Waals surface area contributed by atoms with Crippen LogP contribution in [0.5, 0.6) is 5.75 Å². The van der Waals surface area contributed by atoms with Gasteiger partial charge in [0, 0.05) is 11.6 Å². The molecule has 0 aliphatic rings. The molecule has 74 valence electrons. The molecule has 5 nitrogen and oxygen atoms in total. The highest BCUT2D eigenvalue weighted by Crippen LogP contribution is 2.34. The number of aromatic hydroxyl groups is 1. The number of halogens is 1. The summed E-state index contributed by atoms with van der Waals surface area (Å²) >= 11 is 2.86. The zero-order valence-electron chi connectivity index (χ0n) is 7.15. The first kappa shape index (κ1) is 10.6. The summed E-state index contributed by atoms with van der Waals surface area (Å²) in [5, 5.41) is 19.8. The molecule has 1 aromatic rings. The Kier molecular flexibility index (Phi) is 2.85. The van der Waals surface area contributed by atoms with Gasteiger partial charge < -0.3 is 5.11 Å². The Balaban J connectivity index is 3.43. The van der Waals surface area contributed by atoms with Crippen molar-refractivity contribution >= 4 is 27.4 Å². The summed E-state index contributed by atoms with van der Waals surface area (Å²) in [4.78, 5) is 20.8. The number of hydrogen-bond acceptors (Lipinski definition) is 4. The third kappa shape index (κ3) is 1.90. The van der Waals surface area contributed by atoms with Crippen LogP contribution in [-0.4, -0.2) is 15.8 Å². The van der Waals surface area contributed by atoms with E-state index in [0.29, 0.717) is 0 Å². The number of nitro benzene ring substituents is 1. The molecule has 0 fully saturated rings. The third-order valence-electron chi connectivity index (χ3n) is 1.64. The largest absolute Gasteiger partial charge is 0.506 e. The van der Waals surface area contributed by atoms with Gasteiger partial charge in [-0.25, -0.2) is 0 Å². The summed E-state index contributed by atoms with van der Waals surface area (Å²) in [5.41, 5.74) is -0.215. The van der Waals surface area contributed by atoms with Crippen molar-refractivity contribution in [1.82, 2.24) is 0 Å². The highest BCUT2D eigenvalue weighted by atomic mass is 79.9. The first-order valence-corrected chi connectivity index (χ1v) is 4.40. The Morgan fingerprint density at radius 1 is 1.57 bits per heavy atom. The topological polar surface area (TPSA) is 80.4 Å². The maximum absolute atomic E-state index is 10.9. The smallest absolute Gasteiger partial charge is 0.288 e. The Labute approximate surface area is 87.6 Å². The lowest BCUT2D eigenvalue weighted by Crippen LogP contribution is -1.96. The number of phenols is 1. The minimum absolute atomic E-state index is 0.0208. The molecule has 1 aromatic carbocycles. The predicted molar refractivity (Wildman–Crippen MR) is 52.5 cm³/mol. The van der Waals surface area contributed by atoms with E-state index in [1.165, 1.54) is 13.0 Å². The van der Waals surface area contributed by atoms with Crippen LogP contribution in [-0.2, 0) is 0 Å². The number of hydrogen-bond donors (Lipinski definition) is 1. The second-order valence-corrected chi connectivity index (χ2v) is 3.43. The highest BCUT2D eigenvalue weighted by Gasteiger charge is 2.18. The standard InChI is InChI=1S/C8H6BrNO4/c1-4(11)5-2-6(10(13)14)8(9)7(12)3-5/h2-3,12H,1H3. The van der Waals surface area contributed by atoms with Gasteiger partial charge in [-0.15, -0.1) is 0 Å². The maximum atomic E-state index is 10.9. The number of nitro groups is 1. The normalized spacial score (nSPS) is 9.86. The molecule has 0 spiro atoms. The second kappa shape index (κ2) is 3.75. The molecule has 0 heterocycles. The van der Waals surface area contributed by atoms with Crippen molar-refractivity contribution in [2.45, 2.75) is 6.92 Å². The monoisotopic (exact) mass is 259 g/mol. The van der Waals surface area contributed by atoms with Crippen molar-refractivity contribution < 1.29 is 14.8 Å². The summed E-state index contributed by atoms with van der Waals surface area (Å²) in [6.07, 6.45) is 0. The van der Waals surface area contributed by atoms with E-state index in [4.69, 9.17) is 0 Å². The fourth-order valence-corrected chi connectivity index (χ4v) is 1.30. The van der Waals surface area contributed by atoms with Gasteiger partial charge in [-0.2, -0.15) is 0 Å². The summed E-state index contributed by atoms with van der Waals surface area (Å²) < 4.78 is -0.0208. The molecule has 6 heteroatoms. The van der Waals surface area contributed by atoms with E-state index in [9.17, 15) is 20.0 Å². The van der Waals surface area contributed by atoms with E-state index in [0.717, 1.165) is 6.07 Å². The van der Waals surface area contributed by atoms with Gasteiger partial charge in [0.25, 0.3) is 5.69 Å². The van der Waals surface area contributed by atoms with Gasteiger partial charge in [0.1, 0.15) is 10.2 Å². The van der Waals surface area contributed by atoms with E-state index in [1.54, 1.807) is 0 Å². The first-order chi connectivity index (χ1) is 6.43. The summed E-state index contributed by atoms with van der Waals surface area (Å²) in [5.74, 6) is -0.652. The molecule has 0 amide bonds. The van der Waals surface area contributed by atoms with Gasteiger partial charge in [-0.05, 0) is 28.9 Å². The third-order valence-corrected chi connectivity index (χ3v) is 2.45. The van der Waals surface area contributed by atoms with Crippen LogP contribution < -0.4 is 0 Å². The average molecular weight is 260 g/mol. The second-order valence-electron chi connectivity index (χ2n) is 2.64. The fourth-order valence-electron chi connectivity index (χ4n) is 0.930. The van der Waals surface area contributed by atoms with E-state index < -0.39 is 4.92 Å². The van der Waals surface area contributed by atoms with Gasteiger partial charge in [0.05, 0.1) is 4.92 Å². The molecule has 14 heavy (non-hydrogen) atoms. The van der Waals surface area contributed by atoms with Crippen molar-refractivity contribution in [3.63, 3.8) is 0 Å². The number of carbonyl (C=O) groups excluding carboxylic acids is 1. The minimum Gasteiger partial charge on any atom is -0.506 e. The molecule has 1 rings (SSSR count). The molecule has 0 bridgehead atoms. The summed E-state index contributed by atoms with van der Waals surface area (Å²) in [6.45, 7) is 1.27. The van der Waals surface area contributed by atoms with Crippen molar-refractivity contribution in [3.8, 4) is 5.75 Å². The van der Waals surface area contributed by atoms with E-state index >= 15 is 0 Å². The van der Waals surface area contributed by atoms with Gasteiger partial charge >= 0.3 is 0 Å². The molecular formula is C8H6BrNO4. The number of carbonyl (C=O) groups is 1. The lowest BCUT2D eigenvalue weighted by molar-refractivity contribution is -0.385. The fraction of sp³-hybridized carbons (Fsp3) is 0.125. The van der Waals surface area contributed by atoms with E-state index in [1.807, 2.05) is 0 Å². The van der Waals surface area contributed by atoms with Crippen LogP contribution >= 0.6 is 15.9 Å². The quantitative estimate of drug-likeness (QED) is 0.502. The number of rotatable bonds is 2. The summed E-state index contributed by atoms with van der Waals surface area (Å²) in [7, 11) is 0.